The maximum Gasteiger partial charge on any atom is 0.341 e. The first-order valence-electron chi connectivity index (χ1n) is 11.8. The molecule has 0 aromatic heterocycles. The van der Waals surface area contributed by atoms with E-state index >= 15 is 4.39 Å². The quantitative estimate of drug-likeness (QED) is 0.466. The number of alkyl halides is 1. The van der Waals surface area contributed by atoms with E-state index in [1.165, 1.54) is 6.07 Å². The number of benzene rings is 2. The van der Waals surface area contributed by atoms with Crippen molar-refractivity contribution in [1.82, 2.24) is 0 Å². The first-order chi connectivity index (χ1) is 15.8. The zero-order chi connectivity index (χ0) is 23.6. The highest BCUT2D eigenvalue weighted by molar-refractivity contribution is 5.78. The Labute approximate surface area is 193 Å². The minimum absolute atomic E-state index is 0.0543. The molecule has 2 fully saturated rings. The molecule has 4 rings (SSSR count). The number of halogens is 2. The Hall–Kier alpha value is -2.63. The standard InChI is InChI=1S/C27H32F2O4/c1-27(29,26(30)31)25(19-10-11-19)20-4-3-5-22(14-20)33-16-17-6-8-18(9-7-17)23-15-21(32-2)12-13-24(23)28/h3-5,12-15,17-19,25H,6-11,16H2,1-2H3,(H,30,31)/t17?,18?,25-,27+/m0/s1. The van der Waals surface area contributed by atoms with Crippen LogP contribution in [0.25, 0.3) is 0 Å². The van der Waals surface area contributed by atoms with E-state index in [0.717, 1.165) is 51.0 Å². The van der Waals surface area contributed by atoms with Crippen molar-refractivity contribution in [2.45, 2.75) is 63.0 Å². The molecule has 33 heavy (non-hydrogen) atoms. The first kappa shape index (κ1) is 23.5. The molecule has 2 aromatic rings. The van der Waals surface area contributed by atoms with Crippen LogP contribution >= 0.6 is 0 Å². The molecule has 2 atom stereocenters. The second-order valence-electron chi connectivity index (χ2n) is 9.68. The van der Waals surface area contributed by atoms with Crippen molar-refractivity contribution in [2.24, 2.45) is 11.8 Å². The predicted octanol–water partition coefficient (Wildman–Crippen LogP) is 6.49. The zero-order valence-corrected chi connectivity index (χ0v) is 19.2. The van der Waals surface area contributed by atoms with Crippen LogP contribution in [0.2, 0.25) is 0 Å². The molecule has 1 N–H and O–H groups in total. The lowest BCUT2D eigenvalue weighted by Crippen LogP contribution is -2.38. The topological polar surface area (TPSA) is 55.8 Å². The lowest BCUT2D eigenvalue weighted by atomic mass is 9.79. The first-order valence-corrected chi connectivity index (χ1v) is 11.8. The molecule has 2 saturated carbocycles. The van der Waals surface area contributed by atoms with E-state index in [0.29, 0.717) is 29.6 Å². The highest BCUT2D eigenvalue weighted by Crippen LogP contribution is 2.50. The van der Waals surface area contributed by atoms with Crippen molar-refractivity contribution in [2.75, 3.05) is 13.7 Å². The second-order valence-corrected chi connectivity index (χ2v) is 9.68. The molecule has 4 nitrogen and oxygen atoms in total. The molecule has 0 heterocycles. The van der Waals surface area contributed by atoms with E-state index in [2.05, 4.69) is 0 Å². The number of hydrogen-bond acceptors (Lipinski definition) is 3. The van der Waals surface area contributed by atoms with E-state index in [9.17, 15) is 14.3 Å². The largest absolute Gasteiger partial charge is 0.497 e. The maximum atomic E-state index is 15.0. The van der Waals surface area contributed by atoms with Gasteiger partial charge in [-0.3, -0.25) is 0 Å². The molecule has 0 radical (unpaired) electrons. The molecule has 0 bridgehead atoms. The van der Waals surface area contributed by atoms with E-state index in [1.807, 2.05) is 6.07 Å². The van der Waals surface area contributed by atoms with Gasteiger partial charge in [0.25, 0.3) is 0 Å². The number of carboxylic acids is 1. The maximum absolute atomic E-state index is 15.0. The van der Waals surface area contributed by atoms with Gasteiger partial charge in [0, 0.05) is 5.92 Å². The Morgan fingerprint density at radius 2 is 1.82 bits per heavy atom. The van der Waals surface area contributed by atoms with Crippen LogP contribution in [0, 0.1) is 17.7 Å². The number of hydrogen-bond donors (Lipinski definition) is 1. The van der Waals surface area contributed by atoms with Crippen LogP contribution < -0.4 is 9.47 Å². The minimum Gasteiger partial charge on any atom is -0.497 e. The highest BCUT2D eigenvalue weighted by Gasteiger charge is 2.50. The third-order valence-electron chi connectivity index (χ3n) is 7.29. The molecule has 178 valence electrons. The number of methoxy groups -OCH3 is 1. The van der Waals surface area contributed by atoms with Crippen molar-refractivity contribution in [3.05, 3.63) is 59.4 Å². The number of carboxylic acid groups (broad SMARTS) is 1. The number of rotatable bonds is 9. The summed E-state index contributed by atoms with van der Waals surface area (Å²) in [6, 6.07) is 12.1. The summed E-state index contributed by atoms with van der Waals surface area (Å²) >= 11 is 0. The molecule has 0 amide bonds. The highest BCUT2D eigenvalue weighted by atomic mass is 19.1. The lowest BCUT2D eigenvalue weighted by Gasteiger charge is -2.29. The Kier molecular flexibility index (Phi) is 6.91. The monoisotopic (exact) mass is 458 g/mol. The normalized spacial score (nSPS) is 23.4. The smallest absolute Gasteiger partial charge is 0.341 e. The van der Waals surface area contributed by atoms with E-state index in [1.54, 1.807) is 37.4 Å². The van der Waals surface area contributed by atoms with Gasteiger partial charge in [0.15, 0.2) is 0 Å². The van der Waals surface area contributed by atoms with Gasteiger partial charge < -0.3 is 14.6 Å². The van der Waals surface area contributed by atoms with Crippen LogP contribution in [0.15, 0.2) is 42.5 Å². The molecule has 0 saturated heterocycles. The van der Waals surface area contributed by atoms with Crippen LogP contribution in [0.3, 0.4) is 0 Å². The van der Waals surface area contributed by atoms with Crippen molar-refractivity contribution in [3.8, 4) is 11.5 Å². The summed E-state index contributed by atoms with van der Waals surface area (Å²) in [5.74, 6) is -0.367. The fourth-order valence-corrected chi connectivity index (χ4v) is 5.20. The third kappa shape index (κ3) is 5.31. The number of aliphatic carboxylic acids is 1. The molecule has 0 spiro atoms. The lowest BCUT2D eigenvalue weighted by molar-refractivity contribution is -0.151. The summed E-state index contributed by atoms with van der Waals surface area (Å²) in [4.78, 5) is 11.5. The molecular formula is C27H32F2O4. The second kappa shape index (κ2) is 9.70. The van der Waals surface area contributed by atoms with E-state index in [4.69, 9.17) is 9.47 Å². The molecule has 0 aliphatic heterocycles. The van der Waals surface area contributed by atoms with Crippen LogP contribution in [0.1, 0.15) is 68.4 Å². The van der Waals surface area contributed by atoms with Gasteiger partial charge in [-0.15, -0.1) is 0 Å². The van der Waals surface area contributed by atoms with Gasteiger partial charge >= 0.3 is 5.97 Å². The Morgan fingerprint density at radius 3 is 2.45 bits per heavy atom. The van der Waals surface area contributed by atoms with Gasteiger partial charge in [0.1, 0.15) is 17.3 Å². The Bertz CT molecular complexity index is 978. The van der Waals surface area contributed by atoms with Crippen LogP contribution in [-0.2, 0) is 4.79 Å². The summed E-state index contributed by atoms with van der Waals surface area (Å²) in [7, 11) is 1.59. The number of ether oxygens (including phenoxy) is 2. The van der Waals surface area contributed by atoms with Gasteiger partial charge in [-0.2, -0.15) is 0 Å². The third-order valence-corrected chi connectivity index (χ3v) is 7.29. The van der Waals surface area contributed by atoms with Crippen molar-refractivity contribution >= 4 is 5.97 Å². The van der Waals surface area contributed by atoms with Crippen LogP contribution in [0.5, 0.6) is 11.5 Å². The van der Waals surface area contributed by atoms with Crippen LogP contribution in [0.4, 0.5) is 8.78 Å². The molecule has 2 aliphatic rings. The SMILES string of the molecule is COc1ccc(F)c(C2CCC(COc3cccc([C@H](C4CC4)[C@@](C)(F)C(=O)O)c3)CC2)c1. The molecule has 0 unspecified atom stereocenters. The molecular weight excluding hydrogens is 426 g/mol. The van der Waals surface area contributed by atoms with Gasteiger partial charge in [-0.05, 0) is 105 Å². The molecule has 6 heteroatoms. The predicted molar refractivity (Wildman–Crippen MR) is 122 cm³/mol. The van der Waals surface area contributed by atoms with Crippen molar-refractivity contribution in [3.63, 3.8) is 0 Å². The summed E-state index contributed by atoms with van der Waals surface area (Å²) in [6.45, 7) is 1.70. The van der Waals surface area contributed by atoms with Gasteiger partial charge in [0.2, 0.25) is 5.67 Å². The summed E-state index contributed by atoms with van der Waals surface area (Å²) in [5, 5.41) is 9.41. The average Bonchev–Trinajstić information content (AvgIpc) is 3.63. The van der Waals surface area contributed by atoms with Crippen LogP contribution in [-0.4, -0.2) is 30.5 Å². The molecule has 2 aromatic carbocycles. The summed E-state index contributed by atoms with van der Waals surface area (Å²) < 4.78 is 40.6. The fourth-order valence-electron chi connectivity index (χ4n) is 5.20. The van der Waals surface area contributed by atoms with E-state index in [-0.39, 0.29) is 17.7 Å². The Balaban J connectivity index is 1.36. The average molecular weight is 459 g/mol. The van der Waals surface area contributed by atoms with Gasteiger partial charge in [-0.1, -0.05) is 12.1 Å². The molecule has 2 aliphatic carbocycles. The summed E-state index contributed by atoms with van der Waals surface area (Å²) in [6.07, 6.45) is 5.35. The fraction of sp³-hybridized carbons (Fsp3) is 0.519. The number of carbonyl (C=O) groups is 1. The van der Waals surface area contributed by atoms with Gasteiger partial charge in [0.05, 0.1) is 13.7 Å². The minimum atomic E-state index is -2.31. The van der Waals surface area contributed by atoms with Crippen molar-refractivity contribution in [1.29, 1.82) is 0 Å². The van der Waals surface area contributed by atoms with Gasteiger partial charge in [-0.25, -0.2) is 13.6 Å². The Morgan fingerprint density at radius 1 is 1.09 bits per heavy atom. The zero-order valence-electron chi connectivity index (χ0n) is 19.2. The van der Waals surface area contributed by atoms with E-state index < -0.39 is 17.6 Å². The van der Waals surface area contributed by atoms with Crippen molar-refractivity contribution < 1.29 is 28.2 Å². The summed E-state index contributed by atoms with van der Waals surface area (Å²) in [5.41, 5.74) is -0.909.